The molecule has 3 N–H and O–H groups in total. The lowest BCUT2D eigenvalue weighted by molar-refractivity contribution is -0.147. The summed E-state index contributed by atoms with van der Waals surface area (Å²) in [5, 5.41) is 14.7. The van der Waals surface area contributed by atoms with Gasteiger partial charge in [-0.25, -0.2) is 8.78 Å². The van der Waals surface area contributed by atoms with E-state index in [1.165, 1.54) is 17.0 Å². The van der Waals surface area contributed by atoms with Crippen LogP contribution in [-0.2, 0) is 16.0 Å². The van der Waals surface area contributed by atoms with Crippen molar-refractivity contribution in [3.63, 3.8) is 0 Å². The van der Waals surface area contributed by atoms with E-state index in [2.05, 4.69) is 10.6 Å². The molecule has 3 amide bonds. The molecule has 156 valence electrons. The summed E-state index contributed by atoms with van der Waals surface area (Å²) in [6, 6.07) is 6.90. The van der Waals surface area contributed by atoms with E-state index in [0.29, 0.717) is 6.07 Å². The van der Waals surface area contributed by atoms with Crippen LogP contribution in [0.4, 0.5) is 8.78 Å². The Hall–Kier alpha value is -3.49. The summed E-state index contributed by atoms with van der Waals surface area (Å²) in [6.07, 6.45) is 0.487. The second-order valence-corrected chi connectivity index (χ2v) is 7.50. The van der Waals surface area contributed by atoms with Gasteiger partial charge in [0.2, 0.25) is 11.8 Å². The van der Waals surface area contributed by atoms with Crippen LogP contribution in [-0.4, -0.2) is 52.4 Å². The van der Waals surface area contributed by atoms with Gasteiger partial charge in [-0.1, -0.05) is 12.1 Å². The van der Waals surface area contributed by atoms with E-state index < -0.39 is 35.7 Å². The summed E-state index contributed by atoms with van der Waals surface area (Å²) in [5.41, 5.74) is 0.612. The van der Waals surface area contributed by atoms with E-state index in [-0.39, 0.29) is 42.5 Å². The second kappa shape index (κ2) is 7.74. The van der Waals surface area contributed by atoms with Gasteiger partial charge in [-0.2, -0.15) is 0 Å². The van der Waals surface area contributed by atoms with Crippen molar-refractivity contribution in [3.05, 3.63) is 65.2 Å². The first-order valence-corrected chi connectivity index (χ1v) is 9.46. The van der Waals surface area contributed by atoms with Crippen molar-refractivity contribution in [2.24, 2.45) is 0 Å². The van der Waals surface area contributed by atoms with Gasteiger partial charge in [0.25, 0.3) is 5.91 Å². The second-order valence-electron chi connectivity index (χ2n) is 7.50. The molecule has 2 heterocycles. The molecule has 7 nitrogen and oxygen atoms in total. The number of carbonyl (C=O) groups is 3. The molecule has 2 aliphatic heterocycles. The first-order chi connectivity index (χ1) is 14.3. The number of fused-ring (bicyclic) bond motifs is 1. The number of piperazine rings is 1. The molecule has 0 radical (unpaired) electrons. The largest absolute Gasteiger partial charge is 0.508 e. The maximum Gasteiger partial charge on any atom is 0.251 e. The summed E-state index contributed by atoms with van der Waals surface area (Å²) in [5.74, 6) is -2.87. The minimum Gasteiger partial charge on any atom is -0.508 e. The number of nitrogens with one attached hydrogen (secondary N) is 2. The number of phenols is 1. The minimum atomic E-state index is -0.865. The van der Waals surface area contributed by atoms with Crippen LogP contribution in [0.2, 0.25) is 0 Å². The summed E-state index contributed by atoms with van der Waals surface area (Å²) in [4.78, 5) is 39.1. The number of carbonyl (C=O) groups excluding carboxylic acids is 3. The summed E-state index contributed by atoms with van der Waals surface area (Å²) < 4.78 is 26.7. The van der Waals surface area contributed by atoms with Gasteiger partial charge in [-0.3, -0.25) is 14.4 Å². The number of halogens is 2. The van der Waals surface area contributed by atoms with Crippen LogP contribution < -0.4 is 10.6 Å². The predicted octanol–water partition coefficient (Wildman–Crippen LogP) is 1.11. The van der Waals surface area contributed by atoms with Crippen molar-refractivity contribution in [2.45, 2.75) is 31.0 Å². The molecule has 0 saturated carbocycles. The number of hydrogen-bond acceptors (Lipinski definition) is 4. The number of phenolic OH excluding ortho intramolecular Hbond substituents is 1. The van der Waals surface area contributed by atoms with Crippen LogP contribution in [0.1, 0.15) is 22.3 Å². The number of rotatable bonds is 4. The maximum atomic E-state index is 13.4. The molecule has 30 heavy (non-hydrogen) atoms. The van der Waals surface area contributed by atoms with Crippen molar-refractivity contribution in [1.29, 1.82) is 0 Å². The van der Waals surface area contributed by atoms with Gasteiger partial charge in [0.15, 0.2) is 0 Å². The number of aromatic hydroxyl groups is 1. The summed E-state index contributed by atoms with van der Waals surface area (Å²) >= 11 is 0. The molecule has 2 aromatic rings. The third kappa shape index (κ3) is 3.96. The van der Waals surface area contributed by atoms with Crippen molar-refractivity contribution < 1.29 is 28.3 Å². The zero-order chi connectivity index (χ0) is 21.4. The Bertz CT molecular complexity index is 992. The van der Waals surface area contributed by atoms with Crippen LogP contribution in [0.15, 0.2) is 42.5 Å². The quantitative estimate of drug-likeness (QED) is 0.697. The Kier molecular flexibility index (Phi) is 5.11. The molecule has 3 atom stereocenters. The van der Waals surface area contributed by atoms with E-state index in [9.17, 15) is 28.3 Å². The standard InChI is InChI=1S/C21H19F2N3O4/c22-13-6-12(7-14(23)8-13)19(28)24-15-9-18-20(29)25-17(21(30)26(18)10-15)5-11-1-3-16(27)4-2-11/h1-4,6-8,15,17-18,27H,5,9-10H2,(H,24,28)(H,25,29)/t15-,17-,18-/m0/s1. The predicted molar refractivity (Wildman–Crippen MR) is 101 cm³/mol. The molecular weight excluding hydrogens is 396 g/mol. The molecule has 2 saturated heterocycles. The number of hydrogen-bond donors (Lipinski definition) is 3. The van der Waals surface area contributed by atoms with Crippen LogP contribution in [0.5, 0.6) is 5.75 Å². The number of benzene rings is 2. The molecule has 2 aliphatic rings. The normalized spacial score (nSPS) is 23.1. The smallest absolute Gasteiger partial charge is 0.251 e. The van der Waals surface area contributed by atoms with Gasteiger partial charge in [-0.15, -0.1) is 0 Å². The molecule has 9 heteroatoms. The fourth-order valence-corrected chi connectivity index (χ4v) is 3.92. The van der Waals surface area contributed by atoms with Gasteiger partial charge >= 0.3 is 0 Å². The topological polar surface area (TPSA) is 98.7 Å². The fraction of sp³-hybridized carbons (Fsp3) is 0.286. The van der Waals surface area contributed by atoms with E-state index in [0.717, 1.165) is 17.7 Å². The van der Waals surface area contributed by atoms with Gasteiger partial charge < -0.3 is 20.6 Å². The van der Waals surface area contributed by atoms with Crippen LogP contribution >= 0.6 is 0 Å². The highest BCUT2D eigenvalue weighted by molar-refractivity contribution is 5.98. The highest BCUT2D eigenvalue weighted by atomic mass is 19.1. The Morgan fingerprint density at radius 1 is 1.13 bits per heavy atom. The van der Waals surface area contributed by atoms with Gasteiger partial charge in [0.05, 0.1) is 0 Å². The van der Waals surface area contributed by atoms with Gasteiger partial charge in [0.1, 0.15) is 29.5 Å². The van der Waals surface area contributed by atoms with Crippen LogP contribution in [0.3, 0.4) is 0 Å². The van der Waals surface area contributed by atoms with Crippen LogP contribution in [0.25, 0.3) is 0 Å². The molecule has 0 bridgehead atoms. The third-order valence-corrected chi connectivity index (χ3v) is 5.34. The first kappa shape index (κ1) is 19.8. The Morgan fingerprint density at radius 2 is 1.80 bits per heavy atom. The van der Waals surface area contributed by atoms with Gasteiger partial charge in [0, 0.05) is 30.6 Å². The van der Waals surface area contributed by atoms with Crippen LogP contribution in [0, 0.1) is 11.6 Å². The first-order valence-electron chi connectivity index (χ1n) is 9.46. The lowest BCUT2D eigenvalue weighted by atomic mass is 10.0. The molecule has 0 spiro atoms. The lowest BCUT2D eigenvalue weighted by Crippen LogP contribution is -2.61. The number of amides is 3. The monoisotopic (exact) mass is 415 g/mol. The molecule has 4 rings (SSSR count). The average Bonchev–Trinajstić information content (AvgIpc) is 3.11. The van der Waals surface area contributed by atoms with E-state index in [1.807, 2.05) is 0 Å². The van der Waals surface area contributed by atoms with Crippen molar-refractivity contribution >= 4 is 17.7 Å². The fourth-order valence-electron chi connectivity index (χ4n) is 3.92. The maximum absolute atomic E-state index is 13.4. The Labute approximate surface area is 170 Å². The van der Waals surface area contributed by atoms with Crippen molar-refractivity contribution in [2.75, 3.05) is 6.54 Å². The molecule has 2 aromatic carbocycles. The molecule has 0 aliphatic carbocycles. The molecule has 0 unspecified atom stereocenters. The summed E-state index contributed by atoms with van der Waals surface area (Å²) in [6.45, 7) is 0.131. The van der Waals surface area contributed by atoms with E-state index >= 15 is 0 Å². The third-order valence-electron chi connectivity index (χ3n) is 5.34. The Balaban J connectivity index is 1.43. The van der Waals surface area contributed by atoms with E-state index in [4.69, 9.17) is 0 Å². The molecule has 0 aromatic heterocycles. The highest BCUT2D eigenvalue weighted by Gasteiger charge is 2.46. The minimum absolute atomic E-state index is 0.106. The van der Waals surface area contributed by atoms with E-state index in [1.54, 1.807) is 12.1 Å². The van der Waals surface area contributed by atoms with Crippen molar-refractivity contribution in [3.8, 4) is 5.75 Å². The SMILES string of the molecule is O=C(N[C@H]1C[C@H]2C(=O)N[C@@H](Cc3ccc(O)cc3)C(=O)N2C1)c1cc(F)cc(F)c1. The molecular formula is C21H19F2N3O4. The Morgan fingerprint density at radius 3 is 2.47 bits per heavy atom. The molecule has 2 fully saturated rings. The summed E-state index contributed by atoms with van der Waals surface area (Å²) in [7, 11) is 0. The highest BCUT2D eigenvalue weighted by Crippen LogP contribution is 2.24. The van der Waals surface area contributed by atoms with Gasteiger partial charge in [-0.05, 0) is 36.2 Å². The zero-order valence-corrected chi connectivity index (χ0v) is 15.8. The zero-order valence-electron chi connectivity index (χ0n) is 15.8. The van der Waals surface area contributed by atoms with Crippen molar-refractivity contribution in [1.82, 2.24) is 15.5 Å². The average molecular weight is 415 g/mol. The lowest BCUT2D eigenvalue weighted by Gasteiger charge is -2.34. The number of nitrogens with zero attached hydrogens (tertiary/aromatic N) is 1.